The van der Waals surface area contributed by atoms with Crippen molar-refractivity contribution >= 4 is 0 Å². The van der Waals surface area contributed by atoms with Crippen molar-refractivity contribution in [1.82, 2.24) is 0 Å². The van der Waals surface area contributed by atoms with Gasteiger partial charge >= 0.3 is 0 Å². The molecule has 72 heavy (non-hydrogen) atoms. The Morgan fingerprint density at radius 2 is 1.04 bits per heavy atom. The molecule has 6 heterocycles. The van der Waals surface area contributed by atoms with E-state index in [1.54, 1.807) is 14.2 Å². The lowest BCUT2D eigenvalue weighted by Gasteiger charge is -2.51. The van der Waals surface area contributed by atoms with Gasteiger partial charge in [-0.15, -0.1) is 0 Å². The number of hydrogen-bond donors (Lipinski definition) is 6. The predicted octanol–water partition coefficient (Wildman–Crippen LogP) is 1.82. The molecule has 6 N–H and O–H groups in total. The molecule has 26 atom stereocenters. The maximum atomic E-state index is 11.5. The monoisotopic (exact) mass is 1020 g/mol. The molecule has 0 aromatic heterocycles. The lowest BCUT2D eigenvalue weighted by atomic mass is 9.81. The fourth-order valence-electron chi connectivity index (χ4n) is 11.0. The average molecular weight is 1020 g/mol. The number of methoxy groups -OCH3 is 2. The van der Waals surface area contributed by atoms with Crippen LogP contribution in [0.4, 0.5) is 0 Å². The number of rotatable bonds is 18. The maximum Gasteiger partial charge on any atom is 0.187 e. The molecule has 2 aromatic carbocycles. The van der Waals surface area contributed by atoms with Gasteiger partial charge in [-0.1, -0.05) is 95.3 Å². The van der Waals surface area contributed by atoms with Gasteiger partial charge in [-0.25, -0.2) is 0 Å². The molecule has 6 aliphatic rings. The van der Waals surface area contributed by atoms with Gasteiger partial charge in [0, 0.05) is 31.6 Å². The van der Waals surface area contributed by atoms with Crippen molar-refractivity contribution in [1.29, 1.82) is 0 Å². The van der Waals surface area contributed by atoms with E-state index < -0.39 is 130 Å². The Bertz CT molecular complexity index is 1920. The first-order valence-electron chi connectivity index (χ1n) is 25.5. The van der Waals surface area contributed by atoms with Crippen molar-refractivity contribution in [2.24, 2.45) is 29.6 Å². The minimum absolute atomic E-state index is 0.00986. The summed E-state index contributed by atoms with van der Waals surface area (Å²) in [6.07, 6.45) is -21.3. The van der Waals surface area contributed by atoms with Gasteiger partial charge in [0.2, 0.25) is 0 Å². The summed E-state index contributed by atoms with van der Waals surface area (Å²) in [5.41, 5.74) is 1.78. The van der Waals surface area contributed by atoms with Crippen LogP contribution in [0.5, 0.6) is 0 Å². The lowest BCUT2D eigenvalue weighted by molar-refractivity contribution is -0.393. The zero-order chi connectivity index (χ0) is 51.4. The van der Waals surface area contributed by atoms with Crippen LogP contribution in [0.3, 0.4) is 0 Å². The van der Waals surface area contributed by atoms with Gasteiger partial charge in [0.05, 0.1) is 64.1 Å². The van der Waals surface area contributed by atoms with E-state index in [4.69, 9.17) is 66.3 Å². The zero-order valence-corrected chi connectivity index (χ0v) is 42.4. The molecule has 0 radical (unpaired) electrons. The molecular weight excluding hydrogens is 945 g/mol. The molecule has 0 saturated carbocycles. The number of hydrogen-bond acceptors (Lipinski definition) is 20. The predicted molar refractivity (Wildman–Crippen MR) is 251 cm³/mol. The molecule has 2 aromatic rings. The maximum absolute atomic E-state index is 11.5. The van der Waals surface area contributed by atoms with Crippen molar-refractivity contribution < 1.29 is 97.0 Å². The molecule has 11 unspecified atom stereocenters. The Labute approximate surface area is 421 Å². The SMILES string of the molecule is COC[C@H]1O[C@H](O[C@H]2C(COCc3ccccc3)O[C@@H](C)C(C)[C@H]2C)C(OC)C(C)[C@@H]1O[C@H]1O[C@H](CO)[C@@H](O[C@@H]2OC(CO)[C@H](O[C@@H]3OC4COC(c5ccccc5)O[C@@H]4[C@H](O)C3O)[C@H](O)C2O)C(C)C1C. The van der Waals surface area contributed by atoms with Gasteiger partial charge < -0.3 is 97.0 Å². The van der Waals surface area contributed by atoms with Crippen LogP contribution < -0.4 is 0 Å². The molecule has 20 heteroatoms. The second-order valence-corrected chi connectivity index (χ2v) is 20.4. The highest BCUT2D eigenvalue weighted by Gasteiger charge is 2.56. The summed E-state index contributed by atoms with van der Waals surface area (Å²) in [6, 6.07) is 19.1. The Hall–Kier alpha value is -2.36. The van der Waals surface area contributed by atoms with Crippen molar-refractivity contribution in [3.05, 3.63) is 71.8 Å². The Morgan fingerprint density at radius 1 is 0.500 bits per heavy atom. The van der Waals surface area contributed by atoms with Crippen LogP contribution in [-0.4, -0.2) is 201 Å². The van der Waals surface area contributed by atoms with E-state index in [1.807, 2.05) is 81.4 Å². The van der Waals surface area contributed by atoms with E-state index in [-0.39, 0.29) is 55.2 Å². The fourth-order valence-corrected chi connectivity index (χ4v) is 11.0. The third-order valence-corrected chi connectivity index (χ3v) is 15.8. The van der Waals surface area contributed by atoms with E-state index in [1.165, 1.54) is 0 Å². The molecule has 20 nitrogen and oxygen atoms in total. The standard InChI is InChI=1S/C52H78O20/c1-25-26(2)43(36(63-30(25)6)23-61-21-31-15-11-9-12-16-31)70-52-45(60-8)29(5)44(35(67-52)22-59-7)68-48-28(4)27(3)42(33(19-53)64-48)69-50-40(57)38(55)46(34(20-54)65-50)72-51-41(58)39(56)47-37(66-51)24-62-49(71-47)32-17-13-10-14-18-32/h9-18,25-30,33-58H,19-24H2,1-8H3/t25?,26-,27?,28?,29?,30+,33-,34?,35-,36?,37?,38-,39-,40?,41?,42+,43-,44+,45?,46+,47+,48-,49?,50+,51+,52-/m1/s1. The molecule has 6 fully saturated rings. The smallest absolute Gasteiger partial charge is 0.187 e. The first-order valence-corrected chi connectivity index (χ1v) is 25.5. The first kappa shape index (κ1) is 55.9. The zero-order valence-electron chi connectivity index (χ0n) is 42.4. The quantitative estimate of drug-likeness (QED) is 0.125. The minimum atomic E-state index is -1.75. The highest BCUT2D eigenvalue weighted by molar-refractivity contribution is 5.17. The van der Waals surface area contributed by atoms with Crippen LogP contribution in [-0.2, 0) is 72.9 Å². The number of ether oxygens (including phenoxy) is 14. The van der Waals surface area contributed by atoms with Crippen LogP contribution in [0, 0.1) is 29.6 Å². The van der Waals surface area contributed by atoms with Gasteiger partial charge in [0.25, 0.3) is 0 Å². The second-order valence-electron chi connectivity index (χ2n) is 20.4. The molecule has 6 saturated heterocycles. The minimum Gasteiger partial charge on any atom is -0.394 e. The fraction of sp³-hybridized carbons (Fsp3) is 0.769. The van der Waals surface area contributed by atoms with Crippen molar-refractivity contribution in [2.75, 3.05) is 47.3 Å². The number of benzene rings is 2. The van der Waals surface area contributed by atoms with Gasteiger partial charge in [-0.3, -0.25) is 0 Å². The summed E-state index contributed by atoms with van der Waals surface area (Å²) in [7, 11) is 3.19. The molecule has 406 valence electrons. The Morgan fingerprint density at radius 3 is 1.72 bits per heavy atom. The third-order valence-electron chi connectivity index (χ3n) is 15.8. The molecule has 8 rings (SSSR count). The van der Waals surface area contributed by atoms with E-state index in [2.05, 4.69) is 20.8 Å². The van der Waals surface area contributed by atoms with Gasteiger partial charge in [0.15, 0.2) is 31.5 Å². The lowest BCUT2D eigenvalue weighted by Crippen LogP contribution is -2.66. The third kappa shape index (κ3) is 12.1. The van der Waals surface area contributed by atoms with Crippen LogP contribution in [0.15, 0.2) is 60.7 Å². The Kier molecular flexibility index (Phi) is 19.5. The summed E-state index contributed by atoms with van der Waals surface area (Å²) < 4.78 is 87.6. The molecule has 6 aliphatic heterocycles. The first-order chi connectivity index (χ1) is 34.7. The normalized spacial score (nSPS) is 45.9. The van der Waals surface area contributed by atoms with E-state index in [0.717, 1.165) is 11.1 Å². The van der Waals surface area contributed by atoms with Gasteiger partial charge in [0.1, 0.15) is 73.2 Å². The Balaban J connectivity index is 0.887. The van der Waals surface area contributed by atoms with Crippen LogP contribution in [0.25, 0.3) is 0 Å². The average Bonchev–Trinajstić information content (AvgIpc) is 3.39. The second kappa shape index (κ2) is 25.2. The number of fused-ring (bicyclic) bond motifs is 1. The summed E-state index contributed by atoms with van der Waals surface area (Å²) in [6.45, 7) is 11.9. The van der Waals surface area contributed by atoms with E-state index >= 15 is 0 Å². The summed E-state index contributed by atoms with van der Waals surface area (Å²) in [4.78, 5) is 0. The van der Waals surface area contributed by atoms with Crippen LogP contribution >= 0.6 is 0 Å². The van der Waals surface area contributed by atoms with E-state index in [9.17, 15) is 30.6 Å². The molecular formula is C52H78O20. The topological polar surface area (TPSA) is 251 Å². The summed E-state index contributed by atoms with van der Waals surface area (Å²) in [5, 5.41) is 66.5. The number of aliphatic hydroxyl groups is 6. The molecule has 0 bridgehead atoms. The van der Waals surface area contributed by atoms with Crippen molar-refractivity contribution in [2.45, 2.75) is 177 Å². The summed E-state index contributed by atoms with van der Waals surface area (Å²) >= 11 is 0. The number of aliphatic hydroxyl groups excluding tert-OH is 6. The molecule has 0 aliphatic carbocycles. The molecule has 0 amide bonds. The van der Waals surface area contributed by atoms with Crippen LogP contribution in [0.2, 0.25) is 0 Å². The van der Waals surface area contributed by atoms with Gasteiger partial charge in [-0.05, 0) is 30.2 Å². The van der Waals surface area contributed by atoms with Gasteiger partial charge in [-0.2, -0.15) is 0 Å². The van der Waals surface area contributed by atoms with E-state index in [0.29, 0.717) is 13.2 Å². The van der Waals surface area contributed by atoms with Crippen molar-refractivity contribution in [3.8, 4) is 0 Å². The molecule has 0 spiro atoms. The largest absolute Gasteiger partial charge is 0.394 e. The summed E-state index contributed by atoms with van der Waals surface area (Å²) in [5.74, 6) is -0.816. The highest BCUT2D eigenvalue weighted by atomic mass is 16.8. The van der Waals surface area contributed by atoms with Crippen LogP contribution in [0.1, 0.15) is 59.0 Å². The van der Waals surface area contributed by atoms with Crippen molar-refractivity contribution in [3.63, 3.8) is 0 Å². The highest BCUT2D eigenvalue weighted by Crippen LogP contribution is 2.42.